The Morgan fingerprint density at radius 3 is 2.83 bits per heavy atom. The van der Waals surface area contributed by atoms with Gasteiger partial charge in [0, 0.05) is 12.1 Å². The maximum absolute atomic E-state index is 13.0. The maximum Gasteiger partial charge on any atom is 0.410 e. The van der Waals surface area contributed by atoms with Crippen LogP contribution >= 0.6 is 0 Å². The number of ether oxygens (including phenoxy) is 2. The number of likely N-dealkylation sites (tertiary alicyclic amines) is 1. The first-order chi connectivity index (χ1) is 11.2. The quantitative estimate of drug-likeness (QED) is 0.842. The molecule has 2 atom stereocenters. The highest BCUT2D eigenvalue weighted by Crippen LogP contribution is 2.16. The van der Waals surface area contributed by atoms with Gasteiger partial charge in [-0.15, -0.1) is 0 Å². The number of carbonyl (C=O) groups is 1. The van der Waals surface area contributed by atoms with Gasteiger partial charge >= 0.3 is 6.09 Å². The van der Waals surface area contributed by atoms with Gasteiger partial charge in [0.2, 0.25) is 0 Å². The second kappa shape index (κ2) is 7.65. The fourth-order valence-electron chi connectivity index (χ4n) is 2.30. The summed E-state index contributed by atoms with van der Waals surface area (Å²) in [7, 11) is 0. The number of nitrogens with zero attached hydrogens (tertiary/aromatic N) is 1. The van der Waals surface area contributed by atoms with Crippen molar-refractivity contribution < 1.29 is 18.7 Å². The average Bonchev–Trinajstić information content (AvgIpc) is 2.83. The van der Waals surface area contributed by atoms with E-state index in [9.17, 15) is 9.18 Å². The predicted octanol–water partition coefficient (Wildman–Crippen LogP) is 2.14. The van der Waals surface area contributed by atoms with Crippen LogP contribution in [-0.2, 0) is 9.47 Å². The van der Waals surface area contributed by atoms with Gasteiger partial charge in [0.25, 0.3) is 0 Å². The van der Waals surface area contributed by atoms with Crippen LogP contribution < -0.4 is 5.73 Å². The highest BCUT2D eigenvalue weighted by Gasteiger charge is 2.35. The second-order valence-electron chi connectivity index (χ2n) is 6.71. The van der Waals surface area contributed by atoms with Gasteiger partial charge < -0.3 is 20.1 Å². The Bertz CT molecular complexity index is 646. The van der Waals surface area contributed by atoms with Crippen molar-refractivity contribution in [2.24, 2.45) is 5.73 Å². The molecule has 0 radical (unpaired) electrons. The first-order valence-electron chi connectivity index (χ1n) is 7.84. The Labute approximate surface area is 141 Å². The lowest BCUT2D eigenvalue weighted by molar-refractivity contribution is 0.0236. The van der Waals surface area contributed by atoms with Crippen molar-refractivity contribution in [1.82, 2.24) is 4.90 Å². The van der Waals surface area contributed by atoms with Gasteiger partial charge in [-0.05, 0) is 39.0 Å². The van der Waals surface area contributed by atoms with Crippen molar-refractivity contribution >= 4 is 6.09 Å². The summed E-state index contributed by atoms with van der Waals surface area (Å²) in [5, 5.41) is 0. The Balaban J connectivity index is 1.83. The summed E-state index contributed by atoms with van der Waals surface area (Å²) in [5.74, 6) is 5.33. The van der Waals surface area contributed by atoms with Crippen LogP contribution in [0.1, 0.15) is 26.3 Å². The van der Waals surface area contributed by atoms with E-state index < -0.39 is 11.7 Å². The lowest BCUT2D eigenvalue weighted by Gasteiger charge is -2.24. The first-order valence-corrected chi connectivity index (χ1v) is 7.84. The van der Waals surface area contributed by atoms with E-state index in [2.05, 4.69) is 11.8 Å². The molecular formula is C18H23FN2O3. The zero-order valence-corrected chi connectivity index (χ0v) is 14.2. The third-order valence-corrected chi connectivity index (χ3v) is 3.39. The van der Waals surface area contributed by atoms with Crippen molar-refractivity contribution in [3.63, 3.8) is 0 Å². The monoisotopic (exact) mass is 334 g/mol. The van der Waals surface area contributed by atoms with Crippen LogP contribution in [0.4, 0.5) is 9.18 Å². The van der Waals surface area contributed by atoms with Crippen LogP contribution in [0.5, 0.6) is 0 Å². The summed E-state index contributed by atoms with van der Waals surface area (Å²) >= 11 is 0. The van der Waals surface area contributed by atoms with E-state index in [-0.39, 0.29) is 24.6 Å². The zero-order valence-electron chi connectivity index (χ0n) is 14.2. The number of benzene rings is 1. The summed E-state index contributed by atoms with van der Waals surface area (Å²) in [6.07, 6.45) is -0.686. The molecule has 1 amide bonds. The third-order valence-electron chi connectivity index (χ3n) is 3.39. The maximum atomic E-state index is 13.0. The fraction of sp³-hybridized carbons (Fsp3) is 0.500. The molecule has 0 saturated carbocycles. The van der Waals surface area contributed by atoms with Crippen molar-refractivity contribution in [2.45, 2.75) is 38.5 Å². The Kier molecular flexibility index (Phi) is 5.81. The number of hydrogen-bond donors (Lipinski definition) is 1. The number of hydrogen-bond acceptors (Lipinski definition) is 4. The van der Waals surface area contributed by atoms with Gasteiger partial charge in [0.15, 0.2) is 0 Å². The Morgan fingerprint density at radius 1 is 1.42 bits per heavy atom. The molecule has 1 aromatic carbocycles. The van der Waals surface area contributed by atoms with Crippen LogP contribution in [0.25, 0.3) is 0 Å². The average molecular weight is 334 g/mol. The van der Waals surface area contributed by atoms with E-state index in [1.54, 1.807) is 17.0 Å². The smallest absolute Gasteiger partial charge is 0.410 e. The van der Waals surface area contributed by atoms with Crippen LogP contribution in [0.15, 0.2) is 24.3 Å². The summed E-state index contributed by atoms with van der Waals surface area (Å²) in [6.45, 7) is 6.37. The minimum absolute atomic E-state index is 0.164. The first kappa shape index (κ1) is 18.2. The standard InChI is InChI=1S/C18H23FN2O3/c1-18(2,3)24-17(22)21-11-15(20)16(12-21)23-9-5-7-13-6-4-8-14(19)10-13/h4,6,8,10,15-16H,9,11-12,20H2,1-3H3/t15-,16-/m0/s1. The number of nitrogens with two attached hydrogens (primary N) is 1. The molecule has 5 nitrogen and oxygen atoms in total. The molecule has 1 aromatic rings. The largest absolute Gasteiger partial charge is 0.444 e. The van der Waals surface area contributed by atoms with Crippen molar-refractivity contribution in [1.29, 1.82) is 0 Å². The predicted molar refractivity (Wildman–Crippen MR) is 88.8 cm³/mol. The molecule has 1 aliphatic heterocycles. The molecule has 2 rings (SSSR count). The molecule has 1 saturated heterocycles. The van der Waals surface area contributed by atoms with Crippen LogP contribution in [-0.4, -0.2) is 48.4 Å². The van der Waals surface area contributed by atoms with E-state index in [4.69, 9.17) is 15.2 Å². The van der Waals surface area contributed by atoms with Gasteiger partial charge in [0.1, 0.15) is 18.0 Å². The number of carbonyl (C=O) groups excluding carboxylic acids is 1. The Morgan fingerprint density at radius 2 is 2.17 bits per heavy atom. The van der Waals surface area contributed by atoms with E-state index in [1.165, 1.54) is 12.1 Å². The van der Waals surface area contributed by atoms with Gasteiger partial charge in [0.05, 0.1) is 18.7 Å². The highest BCUT2D eigenvalue weighted by molar-refractivity contribution is 5.68. The van der Waals surface area contributed by atoms with Crippen molar-refractivity contribution in [2.75, 3.05) is 19.7 Å². The summed E-state index contributed by atoms with van der Waals surface area (Å²) in [4.78, 5) is 13.6. The number of amides is 1. The Hall–Kier alpha value is -2.10. The minimum Gasteiger partial charge on any atom is -0.444 e. The second-order valence-corrected chi connectivity index (χ2v) is 6.71. The fourth-order valence-corrected chi connectivity index (χ4v) is 2.30. The molecular weight excluding hydrogens is 311 g/mol. The normalized spacial score (nSPS) is 20.5. The molecule has 130 valence electrons. The molecule has 0 bridgehead atoms. The van der Waals surface area contributed by atoms with Gasteiger partial charge in [-0.1, -0.05) is 17.9 Å². The molecule has 1 fully saturated rings. The molecule has 0 aliphatic carbocycles. The van der Waals surface area contributed by atoms with Crippen LogP contribution in [0.3, 0.4) is 0 Å². The van der Waals surface area contributed by atoms with Crippen molar-refractivity contribution in [3.8, 4) is 11.8 Å². The lowest BCUT2D eigenvalue weighted by Crippen LogP contribution is -2.37. The molecule has 0 spiro atoms. The van der Waals surface area contributed by atoms with Crippen LogP contribution in [0, 0.1) is 17.7 Å². The zero-order chi connectivity index (χ0) is 17.7. The molecule has 24 heavy (non-hydrogen) atoms. The van der Waals surface area contributed by atoms with E-state index in [0.29, 0.717) is 18.7 Å². The van der Waals surface area contributed by atoms with E-state index >= 15 is 0 Å². The van der Waals surface area contributed by atoms with Crippen molar-refractivity contribution in [3.05, 3.63) is 35.6 Å². The molecule has 1 aliphatic rings. The topological polar surface area (TPSA) is 64.8 Å². The van der Waals surface area contributed by atoms with E-state index in [0.717, 1.165) is 0 Å². The molecule has 0 aromatic heterocycles. The summed E-state index contributed by atoms with van der Waals surface area (Å²) in [5.41, 5.74) is 6.05. The molecule has 2 N–H and O–H groups in total. The summed E-state index contributed by atoms with van der Waals surface area (Å²) < 4.78 is 24.0. The van der Waals surface area contributed by atoms with Gasteiger partial charge in [-0.3, -0.25) is 0 Å². The SMILES string of the molecule is CC(C)(C)OC(=O)N1C[C@H](OCC#Cc2cccc(F)c2)[C@@H](N)C1. The molecule has 6 heteroatoms. The third kappa shape index (κ3) is 5.52. The minimum atomic E-state index is -0.545. The van der Waals surface area contributed by atoms with Crippen LogP contribution in [0.2, 0.25) is 0 Å². The number of rotatable bonds is 2. The lowest BCUT2D eigenvalue weighted by atomic mass is 10.2. The summed E-state index contributed by atoms with van der Waals surface area (Å²) in [6, 6.07) is 5.77. The molecule has 1 heterocycles. The van der Waals surface area contributed by atoms with Gasteiger partial charge in [-0.25, -0.2) is 9.18 Å². The highest BCUT2D eigenvalue weighted by atomic mass is 19.1. The van der Waals surface area contributed by atoms with Gasteiger partial charge in [-0.2, -0.15) is 0 Å². The number of halogens is 1. The van der Waals surface area contributed by atoms with E-state index in [1.807, 2.05) is 20.8 Å². The molecule has 0 unspecified atom stereocenters.